The van der Waals surface area contributed by atoms with Gasteiger partial charge in [0, 0.05) is 33.3 Å². The number of nitrogens with zero attached hydrogens (tertiary/aromatic N) is 1. The highest BCUT2D eigenvalue weighted by atomic mass is 32.1. The molecule has 0 amide bonds. The molecule has 0 bridgehead atoms. The quantitative estimate of drug-likeness (QED) is 0.742. The molecule has 0 aliphatic heterocycles. The smallest absolute Gasteiger partial charge is 0.0938 e. The molecule has 0 spiro atoms. The first-order valence-corrected chi connectivity index (χ1v) is 6.42. The Morgan fingerprint density at radius 2 is 2.24 bits per heavy atom. The van der Waals surface area contributed by atoms with E-state index in [2.05, 4.69) is 51.2 Å². The second-order valence-electron chi connectivity index (χ2n) is 3.95. The molecule has 3 rings (SSSR count). The summed E-state index contributed by atoms with van der Waals surface area (Å²) in [6, 6.07) is 10.5. The van der Waals surface area contributed by atoms with E-state index in [1.54, 1.807) is 11.3 Å². The average molecular weight is 243 g/mol. The topological polar surface area (TPSA) is 40.7 Å². The molecule has 3 nitrogen and oxygen atoms in total. The Hall–Kier alpha value is -1.65. The first-order chi connectivity index (χ1) is 8.38. The summed E-state index contributed by atoms with van der Waals surface area (Å²) in [5, 5.41) is 14.0. The first kappa shape index (κ1) is 10.5. The lowest BCUT2D eigenvalue weighted by Crippen LogP contribution is -2.04. The summed E-state index contributed by atoms with van der Waals surface area (Å²) in [5.41, 5.74) is 3.34. The van der Waals surface area contributed by atoms with Crippen molar-refractivity contribution in [3.8, 4) is 11.3 Å². The van der Waals surface area contributed by atoms with E-state index in [1.807, 2.05) is 7.05 Å². The molecule has 0 unspecified atom stereocenters. The van der Waals surface area contributed by atoms with E-state index in [0.29, 0.717) is 0 Å². The lowest BCUT2D eigenvalue weighted by atomic mass is 10.1. The zero-order valence-corrected chi connectivity index (χ0v) is 10.3. The Morgan fingerprint density at radius 1 is 1.35 bits per heavy atom. The second-order valence-corrected chi connectivity index (χ2v) is 4.87. The van der Waals surface area contributed by atoms with E-state index in [-0.39, 0.29) is 0 Å². The predicted octanol–water partition coefficient (Wildman–Crippen LogP) is 3.01. The van der Waals surface area contributed by atoms with Gasteiger partial charge in [0.1, 0.15) is 0 Å². The predicted molar refractivity (Wildman–Crippen MR) is 72.2 cm³/mol. The lowest BCUT2D eigenvalue weighted by molar-refractivity contribution is 0.784. The van der Waals surface area contributed by atoms with Crippen LogP contribution in [-0.2, 0) is 6.54 Å². The van der Waals surface area contributed by atoms with Crippen molar-refractivity contribution in [2.75, 3.05) is 7.05 Å². The summed E-state index contributed by atoms with van der Waals surface area (Å²) >= 11 is 1.76. The molecule has 0 fully saturated rings. The van der Waals surface area contributed by atoms with Crippen LogP contribution >= 0.6 is 11.3 Å². The highest BCUT2D eigenvalue weighted by Crippen LogP contribution is 2.32. The molecule has 4 heteroatoms. The zero-order valence-electron chi connectivity index (χ0n) is 9.53. The van der Waals surface area contributed by atoms with Crippen molar-refractivity contribution >= 4 is 21.4 Å². The minimum atomic E-state index is 0.815. The van der Waals surface area contributed by atoms with Crippen LogP contribution in [0.4, 0.5) is 0 Å². The number of aromatic nitrogens is 2. The van der Waals surface area contributed by atoms with Crippen LogP contribution in [0.15, 0.2) is 35.7 Å². The van der Waals surface area contributed by atoms with Gasteiger partial charge in [0.05, 0.1) is 5.69 Å². The molecule has 0 aliphatic carbocycles. The van der Waals surface area contributed by atoms with Crippen molar-refractivity contribution in [3.05, 3.63) is 41.4 Å². The van der Waals surface area contributed by atoms with Crippen LogP contribution in [0.3, 0.4) is 0 Å². The molecule has 2 aromatic heterocycles. The first-order valence-electron chi connectivity index (χ1n) is 5.54. The van der Waals surface area contributed by atoms with E-state index < -0.39 is 0 Å². The minimum Gasteiger partial charge on any atom is -0.314 e. The van der Waals surface area contributed by atoms with E-state index in [9.17, 15) is 0 Å². The van der Waals surface area contributed by atoms with Crippen molar-refractivity contribution in [1.82, 2.24) is 15.5 Å². The molecule has 0 aliphatic rings. The molecule has 17 heavy (non-hydrogen) atoms. The summed E-state index contributed by atoms with van der Waals surface area (Å²) in [4.78, 5) is 0. The third-order valence-electron chi connectivity index (χ3n) is 2.76. The Bertz CT molecular complexity index is 639. The maximum atomic E-state index is 4.37. The number of aromatic amines is 1. The van der Waals surface area contributed by atoms with Crippen LogP contribution in [0.1, 0.15) is 5.69 Å². The van der Waals surface area contributed by atoms with Crippen molar-refractivity contribution in [2.45, 2.75) is 6.54 Å². The van der Waals surface area contributed by atoms with Crippen LogP contribution in [-0.4, -0.2) is 17.2 Å². The molecule has 2 N–H and O–H groups in total. The van der Waals surface area contributed by atoms with Gasteiger partial charge in [-0.05, 0) is 19.2 Å². The summed E-state index contributed by atoms with van der Waals surface area (Å²) in [7, 11) is 1.93. The number of thiophene rings is 1. The fraction of sp³-hybridized carbons (Fsp3) is 0.154. The van der Waals surface area contributed by atoms with Crippen molar-refractivity contribution in [3.63, 3.8) is 0 Å². The van der Waals surface area contributed by atoms with Gasteiger partial charge >= 0.3 is 0 Å². The van der Waals surface area contributed by atoms with Crippen molar-refractivity contribution in [2.24, 2.45) is 0 Å². The number of benzene rings is 1. The summed E-state index contributed by atoms with van der Waals surface area (Å²) in [5.74, 6) is 0. The standard InChI is InChI=1S/C13H13N3S/c1-14-7-9-6-12(16-15-9)11-8-17-13-5-3-2-4-10(11)13/h2-6,8,14H,7H2,1H3,(H,15,16). The van der Waals surface area contributed by atoms with E-state index in [4.69, 9.17) is 0 Å². The van der Waals surface area contributed by atoms with Crippen LogP contribution in [0, 0.1) is 0 Å². The van der Waals surface area contributed by atoms with Crippen molar-refractivity contribution in [1.29, 1.82) is 0 Å². The third kappa shape index (κ3) is 1.85. The van der Waals surface area contributed by atoms with Crippen LogP contribution < -0.4 is 5.32 Å². The molecule has 86 valence electrons. The van der Waals surface area contributed by atoms with E-state index in [0.717, 1.165) is 17.9 Å². The van der Waals surface area contributed by atoms with Gasteiger partial charge < -0.3 is 5.32 Å². The molecule has 3 aromatic rings. The van der Waals surface area contributed by atoms with Gasteiger partial charge in [-0.3, -0.25) is 5.10 Å². The number of fused-ring (bicyclic) bond motifs is 1. The maximum absolute atomic E-state index is 4.37. The molecule has 1 aromatic carbocycles. The second kappa shape index (κ2) is 4.31. The number of hydrogen-bond acceptors (Lipinski definition) is 3. The fourth-order valence-corrected chi connectivity index (χ4v) is 2.91. The van der Waals surface area contributed by atoms with Gasteiger partial charge in [-0.1, -0.05) is 18.2 Å². The molecule has 0 saturated carbocycles. The Kier molecular flexibility index (Phi) is 2.66. The Labute approximate surface area is 103 Å². The molecule has 0 radical (unpaired) electrons. The van der Waals surface area contributed by atoms with Crippen LogP contribution in [0.5, 0.6) is 0 Å². The highest BCUT2D eigenvalue weighted by molar-refractivity contribution is 7.17. The Morgan fingerprint density at radius 3 is 3.12 bits per heavy atom. The number of rotatable bonds is 3. The number of nitrogens with one attached hydrogen (secondary N) is 2. The minimum absolute atomic E-state index is 0.815. The molecular weight excluding hydrogens is 230 g/mol. The normalized spacial score (nSPS) is 11.1. The van der Waals surface area contributed by atoms with Crippen molar-refractivity contribution < 1.29 is 0 Å². The van der Waals surface area contributed by atoms with E-state index in [1.165, 1.54) is 15.6 Å². The third-order valence-corrected chi connectivity index (χ3v) is 3.72. The monoisotopic (exact) mass is 243 g/mol. The summed E-state index contributed by atoms with van der Waals surface area (Å²) < 4.78 is 1.31. The lowest BCUT2D eigenvalue weighted by Gasteiger charge is -1.93. The highest BCUT2D eigenvalue weighted by Gasteiger charge is 2.08. The van der Waals surface area contributed by atoms with Gasteiger partial charge in [0.15, 0.2) is 0 Å². The van der Waals surface area contributed by atoms with Gasteiger partial charge in [0.2, 0.25) is 0 Å². The van der Waals surface area contributed by atoms with Gasteiger partial charge in [-0.15, -0.1) is 11.3 Å². The number of hydrogen-bond donors (Lipinski definition) is 2. The summed E-state index contributed by atoms with van der Waals surface area (Å²) in [6.07, 6.45) is 0. The average Bonchev–Trinajstić information content (AvgIpc) is 2.95. The summed E-state index contributed by atoms with van der Waals surface area (Å²) in [6.45, 7) is 0.815. The Balaban J connectivity index is 2.07. The number of H-pyrrole nitrogens is 1. The maximum Gasteiger partial charge on any atom is 0.0938 e. The van der Waals surface area contributed by atoms with Gasteiger partial charge in [-0.25, -0.2) is 0 Å². The fourth-order valence-electron chi connectivity index (χ4n) is 1.96. The molecular formula is C13H13N3S. The van der Waals surface area contributed by atoms with Crippen LogP contribution in [0.2, 0.25) is 0 Å². The molecule has 0 saturated heterocycles. The van der Waals surface area contributed by atoms with Gasteiger partial charge in [-0.2, -0.15) is 5.10 Å². The SMILES string of the molecule is CNCc1cc(-c2csc3ccccc23)n[nH]1. The zero-order chi connectivity index (χ0) is 11.7. The largest absolute Gasteiger partial charge is 0.314 e. The van der Waals surface area contributed by atoms with Crippen LogP contribution in [0.25, 0.3) is 21.3 Å². The molecule has 2 heterocycles. The molecule has 0 atom stereocenters. The van der Waals surface area contributed by atoms with E-state index >= 15 is 0 Å². The van der Waals surface area contributed by atoms with Gasteiger partial charge in [0.25, 0.3) is 0 Å².